The van der Waals surface area contributed by atoms with Crippen LogP contribution >= 0.6 is 12.4 Å². The second-order valence-electron chi connectivity index (χ2n) is 8.11. The van der Waals surface area contributed by atoms with Crippen molar-refractivity contribution in [2.75, 3.05) is 45.8 Å². The van der Waals surface area contributed by atoms with E-state index in [4.69, 9.17) is 0 Å². The van der Waals surface area contributed by atoms with E-state index in [1.54, 1.807) is 0 Å². The molecule has 0 aromatic heterocycles. The molecule has 0 aromatic rings. The quantitative estimate of drug-likeness (QED) is 0.795. The molecule has 3 saturated heterocycles. The SMILES string of the molecule is CC1CCCCN1C(=O)CN1CCN(C(=O)[C@H]2CCN[C@@H](C)C2)CC1.Cl. The summed E-state index contributed by atoms with van der Waals surface area (Å²) in [5.74, 6) is 0.766. The number of hydrogen-bond donors (Lipinski definition) is 1. The maximum Gasteiger partial charge on any atom is 0.236 e. The minimum atomic E-state index is 0. The van der Waals surface area contributed by atoms with Gasteiger partial charge in [0.15, 0.2) is 0 Å². The monoisotopic (exact) mass is 386 g/mol. The Balaban J connectivity index is 0.00000243. The topological polar surface area (TPSA) is 55.9 Å². The lowest BCUT2D eigenvalue weighted by Crippen LogP contribution is -2.54. The van der Waals surface area contributed by atoms with E-state index in [0.29, 0.717) is 24.5 Å². The van der Waals surface area contributed by atoms with E-state index >= 15 is 0 Å². The molecule has 0 aliphatic carbocycles. The van der Waals surface area contributed by atoms with Crippen LogP contribution in [0.15, 0.2) is 0 Å². The van der Waals surface area contributed by atoms with E-state index in [0.717, 1.165) is 65.0 Å². The smallest absolute Gasteiger partial charge is 0.236 e. The summed E-state index contributed by atoms with van der Waals surface area (Å²) in [7, 11) is 0. The van der Waals surface area contributed by atoms with Gasteiger partial charge in [0.2, 0.25) is 11.8 Å². The Kier molecular flexibility index (Phi) is 8.17. The summed E-state index contributed by atoms with van der Waals surface area (Å²) in [6.07, 6.45) is 5.40. The molecule has 150 valence electrons. The molecule has 0 saturated carbocycles. The number of carbonyl (C=O) groups excluding carboxylic acids is 2. The van der Waals surface area contributed by atoms with E-state index in [1.807, 2.05) is 4.90 Å². The van der Waals surface area contributed by atoms with Crippen molar-refractivity contribution in [2.24, 2.45) is 5.92 Å². The molecule has 2 amide bonds. The lowest BCUT2D eigenvalue weighted by molar-refractivity contribution is -0.140. The molecule has 3 fully saturated rings. The van der Waals surface area contributed by atoms with Crippen LogP contribution in [0.4, 0.5) is 0 Å². The number of halogens is 1. The van der Waals surface area contributed by atoms with Crippen molar-refractivity contribution < 1.29 is 9.59 Å². The first-order valence-electron chi connectivity index (χ1n) is 10.1. The summed E-state index contributed by atoms with van der Waals surface area (Å²) in [6, 6.07) is 0.819. The van der Waals surface area contributed by atoms with Crippen molar-refractivity contribution in [2.45, 2.75) is 58.0 Å². The normalized spacial score (nSPS) is 30.6. The molecular weight excluding hydrogens is 352 g/mol. The fraction of sp³-hybridized carbons (Fsp3) is 0.895. The van der Waals surface area contributed by atoms with Crippen molar-refractivity contribution in [3.63, 3.8) is 0 Å². The van der Waals surface area contributed by atoms with Crippen LogP contribution in [0.2, 0.25) is 0 Å². The van der Waals surface area contributed by atoms with Gasteiger partial charge in [0.05, 0.1) is 6.54 Å². The van der Waals surface area contributed by atoms with Crippen LogP contribution in [-0.2, 0) is 9.59 Å². The number of nitrogens with one attached hydrogen (secondary N) is 1. The Labute approximate surface area is 164 Å². The molecule has 3 heterocycles. The highest BCUT2D eigenvalue weighted by atomic mass is 35.5. The van der Waals surface area contributed by atoms with E-state index in [-0.39, 0.29) is 24.2 Å². The Morgan fingerprint density at radius 3 is 2.38 bits per heavy atom. The van der Waals surface area contributed by atoms with Crippen LogP contribution in [0.1, 0.15) is 46.0 Å². The van der Waals surface area contributed by atoms with Gasteiger partial charge in [-0.25, -0.2) is 0 Å². The van der Waals surface area contributed by atoms with Gasteiger partial charge in [0, 0.05) is 50.7 Å². The fourth-order valence-corrected chi connectivity index (χ4v) is 4.49. The van der Waals surface area contributed by atoms with Gasteiger partial charge in [-0.1, -0.05) is 0 Å². The number of likely N-dealkylation sites (tertiary alicyclic amines) is 1. The number of carbonyl (C=O) groups is 2. The molecule has 1 N–H and O–H groups in total. The Hall–Kier alpha value is -0.850. The molecule has 26 heavy (non-hydrogen) atoms. The van der Waals surface area contributed by atoms with Gasteiger partial charge in [-0.2, -0.15) is 0 Å². The van der Waals surface area contributed by atoms with Crippen LogP contribution < -0.4 is 5.32 Å². The first kappa shape index (κ1) is 21.5. The Bertz CT molecular complexity index is 482. The van der Waals surface area contributed by atoms with Crippen LogP contribution in [0.25, 0.3) is 0 Å². The maximum absolute atomic E-state index is 12.7. The van der Waals surface area contributed by atoms with Crippen molar-refractivity contribution in [1.29, 1.82) is 0 Å². The summed E-state index contributed by atoms with van der Waals surface area (Å²) >= 11 is 0. The van der Waals surface area contributed by atoms with Gasteiger partial charge in [-0.15, -0.1) is 12.4 Å². The minimum absolute atomic E-state index is 0. The molecule has 0 spiro atoms. The standard InChI is InChI=1S/C19H34N4O2.ClH/c1-15-13-17(6-7-20-15)19(25)22-11-9-21(10-12-22)14-18(24)23-8-4-3-5-16(23)2;/h15-17,20H,3-14H2,1-2H3;1H/t15-,16?,17-;/m0./s1. The molecule has 3 aliphatic heterocycles. The average Bonchev–Trinajstić information content (AvgIpc) is 2.62. The number of piperazine rings is 1. The third-order valence-corrected chi connectivity index (χ3v) is 6.14. The number of piperidine rings is 2. The molecule has 7 heteroatoms. The van der Waals surface area contributed by atoms with Gasteiger partial charge in [0.25, 0.3) is 0 Å². The van der Waals surface area contributed by atoms with Crippen LogP contribution in [0.5, 0.6) is 0 Å². The van der Waals surface area contributed by atoms with Crippen LogP contribution in [0, 0.1) is 5.92 Å². The third kappa shape index (κ3) is 5.33. The molecule has 1 unspecified atom stereocenters. The molecule has 3 aliphatic rings. The number of rotatable bonds is 3. The van der Waals surface area contributed by atoms with Crippen LogP contribution in [-0.4, -0.2) is 84.4 Å². The van der Waals surface area contributed by atoms with Crippen LogP contribution in [0.3, 0.4) is 0 Å². The lowest BCUT2D eigenvalue weighted by atomic mass is 9.92. The number of hydrogen-bond acceptors (Lipinski definition) is 4. The summed E-state index contributed by atoms with van der Waals surface area (Å²) in [5.41, 5.74) is 0. The Morgan fingerprint density at radius 1 is 1.00 bits per heavy atom. The molecule has 3 atom stereocenters. The van der Waals surface area contributed by atoms with Crippen molar-refractivity contribution in [3.8, 4) is 0 Å². The molecule has 3 rings (SSSR count). The third-order valence-electron chi connectivity index (χ3n) is 6.14. The molecule has 0 bridgehead atoms. The highest BCUT2D eigenvalue weighted by Crippen LogP contribution is 2.20. The number of amides is 2. The van der Waals surface area contributed by atoms with Crippen molar-refractivity contribution in [3.05, 3.63) is 0 Å². The largest absolute Gasteiger partial charge is 0.340 e. The van der Waals surface area contributed by atoms with E-state index < -0.39 is 0 Å². The second-order valence-corrected chi connectivity index (χ2v) is 8.11. The average molecular weight is 387 g/mol. The molecular formula is C19H35ClN4O2. The predicted molar refractivity (Wildman–Crippen MR) is 105 cm³/mol. The molecule has 0 radical (unpaired) electrons. The lowest BCUT2D eigenvalue weighted by Gasteiger charge is -2.39. The van der Waals surface area contributed by atoms with Crippen molar-refractivity contribution in [1.82, 2.24) is 20.0 Å². The fourth-order valence-electron chi connectivity index (χ4n) is 4.49. The van der Waals surface area contributed by atoms with Crippen molar-refractivity contribution >= 4 is 24.2 Å². The summed E-state index contributed by atoms with van der Waals surface area (Å²) in [4.78, 5) is 31.6. The Morgan fingerprint density at radius 2 is 1.73 bits per heavy atom. The molecule has 6 nitrogen and oxygen atoms in total. The van der Waals surface area contributed by atoms with E-state index in [2.05, 4.69) is 29.0 Å². The van der Waals surface area contributed by atoms with E-state index in [9.17, 15) is 9.59 Å². The van der Waals surface area contributed by atoms with Gasteiger partial charge < -0.3 is 15.1 Å². The van der Waals surface area contributed by atoms with Gasteiger partial charge in [-0.3, -0.25) is 14.5 Å². The predicted octanol–water partition coefficient (Wildman–Crippen LogP) is 1.34. The highest BCUT2D eigenvalue weighted by Gasteiger charge is 2.31. The van der Waals surface area contributed by atoms with Gasteiger partial charge in [-0.05, 0) is 52.5 Å². The zero-order valence-corrected chi connectivity index (χ0v) is 17.1. The first-order chi connectivity index (χ1) is 12.0. The first-order valence-corrected chi connectivity index (χ1v) is 10.1. The summed E-state index contributed by atoms with van der Waals surface area (Å²) in [5, 5.41) is 3.41. The summed E-state index contributed by atoms with van der Waals surface area (Å²) in [6.45, 7) is 9.85. The van der Waals surface area contributed by atoms with E-state index in [1.165, 1.54) is 6.42 Å². The van der Waals surface area contributed by atoms with Gasteiger partial charge in [0.1, 0.15) is 0 Å². The minimum Gasteiger partial charge on any atom is -0.340 e. The zero-order chi connectivity index (χ0) is 17.8. The van der Waals surface area contributed by atoms with Gasteiger partial charge >= 0.3 is 0 Å². The maximum atomic E-state index is 12.7. The second kappa shape index (κ2) is 9.90. The molecule has 0 aromatic carbocycles. The number of nitrogens with zero attached hydrogens (tertiary/aromatic N) is 3. The zero-order valence-electron chi connectivity index (χ0n) is 16.3. The summed E-state index contributed by atoms with van der Waals surface area (Å²) < 4.78 is 0. The highest BCUT2D eigenvalue weighted by molar-refractivity contribution is 5.85.